The van der Waals surface area contributed by atoms with Gasteiger partial charge in [0.15, 0.2) is 11.2 Å². The first-order valence-electron chi connectivity index (χ1n) is 9.68. The van der Waals surface area contributed by atoms with Gasteiger partial charge < -0.3 is 14.2 Å². The Labute approximate surface area is 172 Å². The number of aryl methyl sites for hydroxylation is 1. The molecular weight excluding hydrogens is 394 g/mol. The molecule has 0 fully saturated rings. The minimum Gasteiger partial charge on any atom is -0.495 e. The number of hydrogen-bond donors (Lipinski definition) is 0. The van der Waals surface area contributed by atoms with Gasteiger partial charge in [-0.25, -0.2) is 4.79 Å². The van der Waals surface area contributed by atoms with Crippen LogP contribution in [0.4, 0.5) is 11.6 Å². The Kier molecular flexibility index (Phi) is 4.90. The molecule has 0 saturated carbocycles. The average molecular weight is 418 g/mol. The van der Waals surface area contributed by atoms with Crippen molar-refractivity contribution in [1.29, 1.82) is 0 Å². The van der Waals surface area contributed by atoms with Gasteiger partial charge in [-0.05, 0) is 30.5 Å². The maximum atomic E-state index is 13.2. The Hall–Kier alpha value is -2.74. The smallest absolute Gasteiger partial charge is 0.332 e. The molecule has 0 spiro atoms. The minimum atomic E-state index is -0.347. The summed E-state index contributed by atoms with van der Waals surface area (Å²) in [6.45, 7) is 5.77. The molecule has 0 bridgehead atoms. The number of imidazole rings is 1. The van der Waals surface area contributed by atoms with Crippen LogP contribution in [0.15, 0.2) is 27.8 Å². The molecule has 8 nitrogen and oxygen atoms in total. The normalized spacial score (nSPS) is 16.3. The van der Waals surface area contributed by atoms with Crippen molar-refractivity contribution in [3.05, 3.63) is 44.1 Å². The summed E-state index contributed by atoms with van der Waals surface area (Å²) in [5, 5.41) is 0.583. The van der Waals surface area contributed by atoms with Gasteiger partial charge in [0.2, 0.25) is 5.95 Å². The van der Waals surface area contributed by atoms with Crippen LogP contribution in [-0.4, -0.2) is 32.3 Å². The first kappa shape index (κ1) is 19.6. The molecule has 1 atom stereocenters. The molecule has 0 unspecified atom stereocenters. The Bertz CT molecular complexity index is 1210. The van der Waals surface area contributed by atoms with Gasteiger partial charge in [-0.15, -0.1) is 0 Å². The van der Waals surface area contributed by atoms with Crippen LogP contribution in [0.1, 0.15) is 20.3 Å². The van der Waals surface area contributed by atoms with E-state index in [1.165, 1.54) is 9.13 Å². The van der Waals surface area contributed by atoms with E-state index in [0.717, 1.165) is 5.69 Å². The maximum absolute atomic E-state index is 13.2. The predicted molar refractivity (Wildman–Crippen MR) is 114 cm³/mol. The first-order valence-corrected chi connectivity index (χ1v) is 10.1. The van der Waals surface area contributed by atoms with Crippen LogP contribution in [-0.2, 0) is 20.1 Å². The second-order valence-electron chi connectivity index (χ2n) is 7.52. The van der Waals surface area contributed by atoms with Crippen LogP contribution >= 0.6 is 11.6 Å². The molecule has 9 heteroatoms. The van der Waals surface area contributed by atoms with Crippen LogP contribution in [0.3, 0.4) is 0 Å². The first-order chi connectivity index (χ1) is 13.9. The van der Waals surface area contributed by atoms with Gasteiger partial charge in [0.1, 0.15) is 5.75 Å². The average Bonchev–Trinajstić information content (AvgIpc) is 3.08. The molecule has 0 N–H and O–H groups in total. The van der Waals surface area contributed by atoms with E-state index in [9.17, 15) is 9.59 Å². The summed E-state index contributed by atoms with van der Waals surface area (Å²) in [4.78, 5) is 32.6. The van der Waals surface area contributed by atoms with Crippen molar-refractivity contribution in [3.8, 4) is 5.75 Å². The number of hydrogen-bond acceptors (Lipinski definition) is 5. The third-order valence-electron chi connectivity index (χ3n) is 5.32. The Balaban J connectivity index is 2.03. The number of fused-ring (bicyclic) bond motifs is 3. The second-order valence-corrected chi connectivity index (χ2v) is 7.96. The Morgan fingerprint density at radius 3 is 2.72 bits per heavy atom. The van der Waals surface area contributed by atoms with Gasteiger partial charge in [-0.1, -0.05) is 25.4 Å². The molecule has 1 aliphatic heterocycles. The van der Waals surface area contributed by atoms with Gasteiger partial charge >= 0.3 is 5.69 Å². The number of aromatic nitrogens is 4. The SMILES string of the molecule is CCCn1c(=O)c2c(nc3n2C[C@H](C)CN3c2cc(Cl)ccc2OC)n(C)c1=O. The zero-order valence-electron chi connectivity index (χ0n) is 17.0. The van der Waals surface area contributed by atoms with Crippen molar-refractivity contribution in [2.24, 2.45) is 13.0 Å². The number of methoxy groups -OCH3 is 1. The van der Waals surface area contributed by atoms with Gasteiger partial charge in [-0.2, -0.15) is 4.98 Å². The van der Waals surface area contributed by atoms with Gasteiger partial charge in [0, 0.05) is 31.7 Å². The van der Waals surface area contributed by atoms with Crippen molar-refractivity contribution < 1.29 is 4.74 Å². The third-order valence-corrected chi connectivity index (χ3v) is 5.56. The van der Waals surface area contributed by atoms with Crippen LogP contribution in [0.5, 0.6) is 5.75 Å². The van der Waals surface area contributed by atoms with Crippen molar-refractivity contribution in [1.82, 2.24) is 18.7 Å². The van der Waals surface area contributed by atoms with E-state index in [4.69, 9.17) is 21.3 Å². The molecule has 1 aliphatic rings. The summed E-state index contributed by atoms with van der Waals surface area (Å²) in [7, 11) is 3.26. The molecule has 1 aromatic carbocycles. The lowest BCUT2D eigenvalue weighted by Crippen LogP contribution is -2.40. The number of nitrogens with zero attached hydrogens (tertiary/aromatic N) is 5. The van der Waals surface area contributed by atoms with Gasteiger partial charge in [-0.3, -0.25) is 13.9 Å². The van der Waals surface area contributed by atoms with Crippen molar-refractivity contribution in [2.45, 2.75) is 33.4 Å². The molecule has 0 aliphatic carbocycles. The second kappa shape index (κ2) is 7.26. The zero-order valence-corrected chi connectivity index (χ0v) is 17.7. The fraction of sp³-hybridized carbons (Fsp3) is 0.450. The molecule has 29 heavy (non-hydrogen) atoms. The van der Waals surface area contributed by atoms with E-state index < -0.39 is 0 Å². The molecule has 3 aromatic rings. The fourth-order valence-corrected chi connectivity index (χ4v) is 4.17. The number of rotatable bonds is 4. The Morgan fingerprint density at radius 1 is 1.28 bits per heavy atom. The van der Waals surface area contributed by atoms with Crippen LogP contribution < -0.4 is 20.9 Å². The highest BCUT2D eigenvalue weighted by molar-refractivity contribution is 6.31. The summed E-state index contributed by atoms with van der Waals surface area (Å²) in [6, 6.07) is 5.41. The molecule has 4 rings (SSSR count). The topological polar surface area (TPSA) is 74.3 Å². The summed E-state index contributed by atoms with van der Waals surface area (Å²) in [5.41, 5.74) is 0.980. The van der Waals surface area contributed by atoms with Crippen LogP contribution in [0, 0.1) is 5.92 Å². The molecule has 0 amide bonds. The molecule has 0 saturated heterocycles. The molecule has 2 aromatic heterocycles. The predicted octanol–water partition coefficient (Wildman–Crippen LogP) is 2.76. The van der Waals surface area contributed by atoms with Crippen molar-refractivity contribution in [2.75, 3.05) is 18.6 Å². The quantitative estimate of drug-likeness (QED) is 0.652. The van der Waals surface area contributed by atoms with E-state index in [1.807, 2.05) is 28.5 Å². The van der Waals surface area contributed by atoms with E-state index in [2.05, 4.69) is 6.92 Å². The fourth-order valence-electron chi connectivity index (χ4n) is 4.00. The summed E-state index contributed by atoms with van der Waals surface area (Å²) in [5.74, 6) is 1.53. The highest BCUT2D eigenvalue weighted by Gasteiger charge is 2.31. The number of ether oxygens (including phenoxy) is 1. The zero-order chi connectivity index (χ0) is 20.9. The maximum Gasteiger partial charge on any atom is 0.332 e. The summed E-state index contributed by atoms with van der Waals surface area (Å²) >= 11 is 6.25. The summed E-state index contributed by atoms with van der Waals surface area (Å²) in [6.07, 6.45) is 0.698. The largest absolute Gasteiger partial charge is 0.495 e. The van der Waals surface area contributed by atoms with Crippen LogP contribution in [0.25, 0.3) is 11.2 Å². The third kappa shape index (κ3) is 3.02. The number of benzene rings is 1. The lowest BCUT2D eigenvalue weighted by molar-refractivity contribution is 0.409. The van der Waals surface area contributed by atoms with Gasteiger partial charge in [0.25, 0.3) is 5.56 Å². The lowest BCUT2D eigenvalue weighted by atomic mass is 10.1. The number of anilines is 2. The van der Waals surface area contributed by atoms with Gasteiger partial charge in [0.05, 0.1) is 12.8 Å². The van der Waals surface area contributed by atoms with Crippen molar-refractivity contribution in [3.63, 3.8) is 0 Å². The standard InChI is InChI=1S/C20H24ClN5O3/c1-5-8-24-18(27)16-17(23(3)20(24)28)22-19-25(10-12(2)11-26(16)19)14-9-13(21)6-7-15(14)29-4/h6-7,9,12H,5,8,10-11H2,1-4H3/t12-/m1/s1. The highest BCUT2D eigenvalue weighted by Crippen LogP contribution is 2.39. The van der Waals surface area contributed by atoms with E-state index in [0.29, 0.717) is 53.9 Å². The summed E-state index contributed by atoms with van der Waals surface area (Å²) < 4.78 is 10.2. The van der Waals surface area contributed by atoms with Crippen LogP contribution in [0.2, 0.25) is 5.02 Å². The number of halogens is 1. The highest BCUT2D eigenvalue weighted by atomic mass is 35.5. The monoisotopic (exact) mass is 417 g/mol. The molecule has 3 heterocycles. The Morgan fingerprint density at radius 2 is 2.03 bits per heavy atom. The molecular formula is C20H24ClN5O3. The minimum absolute atomic E-state index is 0.250. The van der Waals surface area contributed by atoms with E-state index in [1.54, 1.807) is 20.2 Å². The van der Waals surface area contributed by atoms with E-state index in [-0.39, 0.29) is 17.2 Å². The molecule has 0 radical (unpaired) electrons. The lowest BCUT2D eigenvalue weighted by Gasteiger charge is -2.33. The van der Waals surface area contributed by atoms with Crippen molar-refractivity contribution >= 4 is 34.4 Å². The van der Waals surface area contributed by atoms with E-state index >= 15 is 0 Å². The molecule has 154 valence electrons.